The van der Waals surface area contributed by atoms with Crippen molar-refractivity contribution in [1.82, 2.24) is 0 Å². The zero-order valence-electron chi connectivity index (χ0n) is 15.2. The smallest absolute Gasteiger partial charge is 0.312 e. The molecular formula is C20H27N2O2S+. The lowest BCUT2D eigenvalue weighted by Crippen LogP contribution is -2.54. The normalized spacial score (nSPS) is 35.6. The molecule has 1 aromatic rings. The van der Waals surface area contributed by atoms with Crippen LogP contribution in [0.1, 0.15) is 56.0 Å². The molecule has 2 unspecified atom stereocenters. The molecule has 5 heteroatoms. The van der Waals surface area contributed by atoms with Crippen LogP contribution >= 0.6 is 11.3 Å². The Bertz CT molecular complexity index is 719. The Kier molecular flexibility index (Phi) is 4.15. The molecule has 4 aliphatic carbocycles. The highest BCUT2D eigenvalue weighted by molar-refractivity contribution is 7.09. The molecule has 0 aliphatic heterocycles. The van der Waals surface area contributed by atoms with E-state index in [4.69, 9.17) is 10.00 Å². The highest BCUT2D eigenvalue weighted by Gasteiger charge is 2.59. The molecular weight excluding hydrogens is 332 g/mol. The van der Waals surface area contributed by atoms with Crippen LogP contribution in [0.5, 0.6) is 0 Å². The molecule has 0 aromatic carbocycles. The summed E-state index contributed by atoms with van der Waals surface area (Å²) in [5, 5.41) is 8.84. The summed E-state index contributed by atoms with van der Waals surface area (Å²) in [7, 11) is 0. The number of hydrogen-bond donors (Lipinski definition) is 0. The largest absolute Gasteiger partial charge is 0.465 e. The number of carbonyl (C=O) groups excluding carboxylic acids is 1. The van der Waals surface area contributed by atoms with Gasteiger partial charge in [0.15, 0.2) is 5.69 Å². The van der Waals surface area contributed by atoms with E-state index in [1.54, 1.807) is 11.3 Å². The zero-order chi connectivity index (χ0) is 17.7. The first-order chi connectivity index (χ1) is 11.9. The highest BCUT2D eigenvalue weighted by atomic mass is 32.1. The molecule has 4 atom stereocenters. The molecule has 0 N–H and O–H groups in total. The number of hydrogen-bond acceptors (Lipinski definition) is 4. The maximum atomic E-state index is 13.0. The van der Waals surface area contributed by atoms with Crippen LogP contribution in [-0.4, -0.2) is 12.6 Å². The van der Waals surface area contributed by atoms with E-state index in [0.29, 0.717) is 18.6 Å². The molecule has 0 amide bonds. The SMILES string of the molecule is Cc1c(CCOC(=O)C23C[C@@H]4C[C@@H](CC(C)(C4)C2)C3)sc[n+]1CC#N. The van der Waals surface area contributed by atoms with Gasteiger partial charge < -0.3 is 4.74 Å². The van der Waals surface area contributed by atoms with E-state index in [0.717, 1.165) is 43.2 Å². The fourth-order valence-corrected chi connectivity index (χ4v) is 7.25. The van der Waals surface area contributed by atoms with Crippen molar-refractivity contribution in [2.75, 3.05) is 6.61 Å². The number of nitrogens with zero attached hydrogens (tertiary/aromatic N) is 2. The predicted molar refractivity (Wildman–Crippen MR) is 94.7 cm³/mol. The topological polar surface area (TPSA) is 54.0 Å². The second-order valence-electron chi connectivity index (χ2n) is 8.96. The molecule has 25 heavy (non-hydrogen) atoms. The summed E-state index contributed by atoms with van der Waals surface area (Å²) in [6.45, 7) is 5.26. The average molecular weight is 360 g/mol. The maximum Gasteiger partial charge on any atom is 0.312 e. The lowest BCUT2D eigenvalue weighted by atomic mass is 9.44. The Balaban J connectivity index is 1.38. The minimum absolute atomic E-state index is 0.0620. The predicted octanol–water partition coefficient (Wildman–Crippen LogP) is 3.56. The van der Waals surface area contributed by atoms with Crippen LogP contribution in [0.15, 0.2) is 5.51 Å². The van der Waals surface area contributed by atoms with Gasteiger partial charge in [0.2, 0.25) is 12.1 Å². The molecule has 1 aromatic heterocycles. The molecule has 4 fully saturated rings. The van der Waals surface area contributed by atoms with E-state index >= 15 is 0 Å². The van der Waals surface area contributed by atoms with Gasteiger partial charge in [-0.05, 0) is 55.8 Å². The Labute approximate surface area is 153 Å². The van der Waals surface area contributed by atoms with Gasteiger partial charge in [0.05, 0.1) is 16.9 Å². The molecule has 0 spiro atoms. The van der Waals surface area contributed by atoms with Crippen LogP contribution in [0.25, 0.3) is 0 Å². The van der Waals surface area contributed by atoms with Crippen LogP contribution in [0.4, 0.5) is 0 Å². The highest BCUT2D eigenvalue weighted by Crippen LogP contribution is 2.65. The quantitative estimate of drug-likeness (QED) is 0.597. The van der Waals surface area contributed by atoms with Gasteiger partial charge in [0.25, 0.3) is 0 Å². The second-order valence-corrected chi connectivity index (χ2v) is 9.90. The summed E-state index contributed by atoms with van der Waals surface area (Å²) in [6, 6.07) is 2.17. The summed E-state index contributed by atoms with van der Waals surface area (Å²) in [5.41, 5.74) is 3.28. The first-order valence-corrected chi connectivity index (χ1v) is 10.3. The van der Waals surface area contributed by atoms with Gasteiger partial charge >= 0.3 is 5.97 Å². The van der Waals surface area contributed by atoms with E-state index in [-0.39, 0.29) is 11.4 Å². The average Bonchev–Trinajstić information content (AvgIpc) is 2.86. The van der Waals surface area contributed by atoms with Crippen molar-refractivity contribution in [2.45, 2.75) is 65.3 Å². The van der Waals surface area contributed by atoms with Crippen molar-refractivity contribution in [1.29, 1.82) is 5.26 Å². The van der Waals surface area contributed by atoms with Crippen LogP contribution in [0.3, 0.4) is 0 Å². The molecule has 0 radical (unpaired) electrons. The summed E-state index contributed by atoms with van der Waals surface area (Å²) < 4.78 is 7.75. The van der Waals surface area contributed by atoms with Crippen molar-refractivity contribution >= 4 is 17.3 Å². The van der Waals surface area contributed by atoms with E-state index in [2.05, 4.69) is 13.0 Å². The van der Waals surface area contributed by atoms with Gasteiger partial charge in [0, 0.05) is 13.3 Å². The number of ether oxygens (including phenoxy) is 1. The van der Waals surface area contributed by atoms with Gasteiger partial charge in [-0.15, -0.1) is 0 Å². The van der Waals surface area contributed by atoms with E-state index in [1.807, 2.05) is 17.0 Å². The number of rotatable bonds is 5. The molecule has 1 heterocycles. The summed E-state index contributed by atoms with van der Waals surface area (Å²) in [4.78, 5) is 14.2. The van der Waals surface area contributed by atoms with Crippen LogP contribution in [0, 0.1) is 40.9 Å². The number of carbonyl (C=O) groups is 1. The molecule has 4 saturated carbocycles. The van der Waals surface area contributed by atoms with Gasteiger partial charge in [-0.25, -0.2) is 0 Å². The Morgan fingerprint density at radius 1 is 1.40 bits per heavy atom. The lowest BCUT2D eigenvalue weighted by molar-refractivity contribution is -0.686. The third-order valence-electron chi connectivity index (χ3n) is 6.75. The van der Waals surface area contributed by atoms with Crippen LogP contribution in [0.2, 0.25) is 0 Å². The molecule has 134 valence electrons. The number of aromatic nitrogens is 1. The molecule has 4 aliphatic rings. The maximum absolute atomic E-state index is 13.0. The van der Waals surface area contributed by atoms with Crippen molar-refractivity contribution in [3.63, 3.8) is 0 Å². The van der Waals surface area contributed by atoms with Crippen molar-refractivity contribution < 1.29 is 14.1 Å². The first-order valence-electron chi connectivity index (χ1n) is 9.44. The van der Waals surface area contributed by atoms with Gasteiger partial charge in [0.1, 0.15) is 6.07 Å². The first kappa shape index (κ1) is 17.0. The van der Waals surface area contributed by atoms with E-state index in [1.165, 1.54) is 24.1 Å². The van der Waals surface area contributed by atoms with E-state index in [9.17, 15) is 4.79 Å². The minimum atomic E-state index is -0.190. The third-order valence-corrected chi connectivity index (χ3v) is 7.89. The Morgan fingerprint density at radius 2 is 2.12 bits per heavy atom. The van der Waals surface area contributed by atoms with Gasteiger partial charge in [-0.2, -0.15) is 9.83 Å². The number of thiazole rings is 1. The monoisotopic (exact) mass is 359 g/mol. The fourth-order valence-electron chi connectivity index (χ4n) is 6.27. The lowest BCUT2D eigenvalue weighted by Gasteiger charge is -2.59. The Hall–Kier alpha value is -1.41. The Morgan fingerprint density at radius 3 is 2.76 bits per heavy atom. The van der Waals surface area contributed by atoms with E-state index < -0.39 is 0 Å². The molecule has 0 saturated heterocycles. The molecule has 4 bridgehead atoms. The fraction of sp³-hybridized carbons (Fsp3) is 0.750. The standard InChI is InChI=1S/C20H27N2O2S/c1-14-17(25-13-22(14)5-4-21)3-6-24-18(23)20-10-15-7-16(11-20)9-19(2,8-15)12-20/h13,15-16H,3,5-12H2,1-2H3/q+1/t15-,16+,19?,20?. The minimum Gasteiger partial charge on any atom is -0.465 e. The molecule has 4 nitrogen and oxygen atoms in total. The summed E-state index contributed by atoms with van der Waals surface area (Å²) >= 11 is 1.65. The zero-order valence-corrected chi connectivity index (χ0v) is 16.0. The third kappa shape index (κ3) is 2.99. The number of nitriles is 1. The summed E-state index contributed by atoms with van der Waals surface area (Å²) in [6.07, 6.45) is 7.85. The van der Waals surface area contributed by atoms with Crippen LogP contribution in [-0.2, 0) is 22.5 Å². The van der Waals surface area contributed by atoms with Gasteiger partial charge in [-0.3, -0.25) is 4.79 Å². The van der Waals surface area contributed by atoms with Crippen molar-refractivity contribution in [3.05, 3.63) is 16.1 Å². The molecule has 5 rings (SSSR count). The second kappa shape index (κ2) is 6.09. The number of esters is 1. The van der Waals surface area contributed by atoms with Crippen molar-refractivity contribution in [3.8, 4) is 6.07 Å². The summed E-state index contributed by atoms with van der Waals surface area (Å²) in [5.74, 6) is 1.54. The van der Waals surface area contributed by atoms with Gasteiger partial charge in [-0.1, -0.05) is 18.3 Å². The van der Waals surface area contributed by atoms with Crippen LogP contribution < -0.4 is 4.57 Å². The van der Waals surface area contributed by atoms with Crippen molar-refractivity contribution in [2.24, 2.45) is 22.7 Å².